The Morgan fingerprint density at radius 3 is 2.85 bits per heavy atom. The van der Waals surface area contributed by atoms with Crippen LogP contribution in [0.1, 0.15) is 34.9 Å². The fourth-order valence-electron chi connectivity index (χ4n) is 3.49. The molecule has 0 fully saturated rings. The Bertz CT molecular complexity index is 1130. The molecule has 0 radical (unpaired) electrons. The highest BCUT2D eigenvalue weighted by Crippen LogP contribution is 2.36. The zero-order valence-corrected chi connectivity index (χ0v) is 17.0. The van der Waals surface area contributed by atoms with Crippen molar-refractivity contribution in [3.63, 3.8) is 0 Å². The third kappa shape index (κ3) is 3.08. The van der Waals surface area contributed by atoms with Gasteiger partial charge in [-0.25, -0.2) is 4.98 Å². The minimum Gasteiger partial charge on any atom is -0.480 e. The lowest BCUT2D eigenvalue weighted by atomic mass is 10.1. The second kappa shape index (κ2) is 6.80. The lowest BCUT2D eigenvalue weighted by Gasteiger charge is -2.16. The van der Waals surface area contributed by atoms with E-state index in [1.165, 1.54) is 4.88 Å². The molecule has 27 heavy (non-hydrogen) atoms. The van der Waals surface area contributed by atoms with Gasteiger partial charge in [-0.3, -0.25) is 14.2 Å². The number of nitrogens with zero attached hydrogens (tertiary/aromatic N) is 2. The second-order valence-electron chi connectivity index (χ2n) is 6.96. The van der Waals surface area contributed by atoms with Crippen molar-refractivity contribution >= 4 is 39.3 Å². The van der Waals surface area contributed by atoms with Crippen LogP contribution >= 0.6 is 23.1 Å². The van der Waals surface area contributed by atoms with Crippen molar-refractivity contribution in [1.29, 1.82) is 0 Å². The summed E-state index contributed by atoms with van der Waals surface area (Å²) >= 11 is 2.69. The first-order chi connectivity index (χ1) is 12.9. The van der Waals surface area contributed by atoms with E-state index in [2.05, 4.69) is 0 Å². The van der Waals surface area contributed by atoms with Gasteiger partial charge in [0, 0.05) is 4.88 Å². The van der Waals surface area contributed by atoms with Crippen LogP contribution in [-0.2, 0) is 17.6 Å². The second-order valence-corrected chi connectivity index (χ2v) is 9.35. The molecule has 2 aromatic heterocycles. The molecule has 0 aliphatic heterocycles. The van der Waals surface area contributed by atoms with Crippen LogP contribution in [-0.4, -0.2) is 25.9 Å². The normalized spacial score (nSPS) is 14.5. The van der Waals surface area contributed by atoms with Crippen molar-refractivity contribution in [2.75, 3.05) is 0 Å². The largest absolute Gasteiger partial charge is 0.480 e. The molecule has 0 saturated carbocycles. The number of hydrogen-bond donors (Lipinski definition) is 1. The molecule has 3 aromatic rings. The van der Waals surface area contributed by atoms with Crippen molar-refractivity contribution in [2.45, 2.75) is 50.4 Å². The molecule has 1 aliphatic rings. The third-order valence-corrected chi connectivity index (χ3v) is 7.17. The van der Waals surface area contributed by atoms with Crippen molar-refractivity contribution in [2.24, 2.45) is 0 Å². The zero-order chi connectivity index (χ0) is 19.3. The first kappa shape index (κ1) is 18.3. The molecule has 5 nitrogen and oxygen atoms in total. The molecule has 1 aliphatic carbocycles. The fraction of sp³-hybridized carbons (Fsp3) is 0.350. The molecule has 0 unspecified atom stereocenters. The van der Waals surface area contributed by atoms with Gasteiger partial charge in [0.05, 0.1) is 11.1 Å². The van der Waals surface area contributed by atoms with Gasteiger partial charge in [-0.05, 0) is 62.8 Å². The number of aryl methyl sites for hydroxylation is 4. The summed E-state index contributed by atoms with van der Waals surface area (Å²) in [5, 5.41) is 9.80. The smallest absolute Gasteiger partial charge is 0.316 e. The van der Waals surface area contributed by atoms with Gasteiger partial charge in [0.15, 0.2) is 5.16 Å². The van der Waals surface area contributed by atoms with E-state index < -0.39 is 11.2 Å². The summed E-state index contributed by atoms with van der Waals surface area (Å²) in [6, 6.07) is 5.95. The van der Waals surface area contributed by atoms with Gasteiger partial charge >= 0.3 is 5.97 Å². The third-order valence-electron chi connectivity index (χ3n) is 4.94. The number of aliphatic carboxylic acids is 1. The zero-order valence-electron chi connectivity index (χ0n) is 15.4. The predicted molar refractivity (Wildman–Crippen MR) is 110 cm³/mol. The average molecular weight is 401 g/mol. The molecule has 140 valence electrons. The predicted octanol–water partition coefficient (Wildman–Crippen LogP) is 4.12. The van der Waals surface area contributed by atoms with Gasteiger partial charge < -0.3 is 5.11 Å². The van der Waals surface area contributed by atoms with E-state index in [-0.39, 0.29) is 5.56 Å². The average Bonchev–Trinajstić information content (AvgIpc) is 3.18. The van der Waals surface area contributed by atoms with Crippen molar-refractivity contribution in [3.05, 3.63) is 50.1 Å². The van der Waals surface area contributed by atoms with E-state index >= 15 is 0 Å². The number of fused-ring (bicyclic) bond motifs is 3. The van der Waals surface area contributed by atoms with Crippen LogP contribution < -0.4 is 5.56 Å². The van der Waals surface area contributed by atoms with Crippen molar-refractivity contribution < 1.29 is 9.90 Å². The van der Waals surface area contributed by atoms with Gasteiger partial charge in [0.25, 0.3) is 5.56 Å². The van der Waals surface area contributed by atoms with Gasteiger partial charge in [-0.1, -0.05) is 23.9 Å². The molecule has 1 atom stereocenters. The minimum absolute atomic E-state index is 0.0896. The lowest BCUT2D eigenvalue weighted by Crippen LogP contribution is -2.24. The summed E-state index contributed by atoms with van der Waals surface area (Å²) in [4.78, 5) is 31.7. The maximum atomic E-state index is 13.6. The highest BCUT2D eigenvalue weighted by atomic mass is 32.2. The number of carbonyl (C=O) groups is 1. The highest BCUT2D eigenvalue weighted by molar-refractivity contribution is 8.00. The van der Waals surface area contributed by atoms with Crippen LogP contribution in [0.2, 0.25) is 0 Å². The van der Waals surface area contributed by atoms with Gasteiger partial charge in [-0.2, -0.15) is 0 Å². The molecule has 1 N–H and O–H groups in total. The maximum absolute atomic E-state index is 13.6. The fourth-order valence-corrected chi connectivity index (χ4v) is 5.64. The number of hydrogen-bond acceptors (Lipinski definition) is 5. The summed E-state index contributed by atoms with van der Waals surface area (Å²) in [5.74, 6) is -0.921. The molecular formula is C20H20N2O3S2. The van der Waals surface area contributed by atoms with E-state index in [0.29, 0.717) is 10.5 Å². The first-order valence-corrected chi connectivity index (χ1v) is 10.6. The summed E-state index contributed by atoms with van der Waals surface area (Å²) < 4.78 is 1.61. The Hall–Kier alpha value is -2.12. The van der Waals surface area contributed by atoms with Crippen LogP contribution in [0.5, 0.6) is 0 Å². The van der Waals surface area contributed by atoms with Crippen LogP contribution in [0.3, 0.4) is 0 Å². The standard InChI is InChI=1S/C20H20N2O3S2/c1-10-7-8-11(2)14(9-10)22-18(23)16-13-5-4-6-15(13)27-17(16)21-20(22)26-12(3)19(24)25/h7-9,12H,4-6H2,1-3H3,(H,24,25)/t12-/m0/s1. The van der Waals surface area contributed by atoms with Crippen molar-refractivity contribution in [1.82, 2.24) is 9.55 Å². The SMILES string of the molecule is Cc1ccc(C)c(-n2c(S[C@@H](C)C(=O)O)nc3sc4c(c3c2=O)CCC4)c1. The number of thiophene rings is 1. The topological polar surface area (TPSA) is 72.2 Å². The molecule has 0 saturated heterocycles. The Labute approximate surface area is 165 Å². The number of carboxylic acid groups (broad SMARTS) is 1. The molecular weight excluding hydrogens is 380 g/mol. The molecule has 0 spiro atoms. The first-order valence-electron chi connectivity index (χ1n) is 8.91. The number of thioether (sulfide) groups is 1. The summed E-state index contributed by atoms with van der Waals surface area (Å²) in [6.07, 6.45) is 2.98. The molecule has 0 amide bonds. The van der Waals surface area contributed by atoms with Crippen LogP contribution in [0.4, 0.5) is 0 Å². The number of rotatable bonds is 4. The number of benzene rings is 1. The number of carboxylic acids is 1. The highest BCUT2D eigenvalue weighted by Gasteiger charge is 2.26. The Kier molecular flexibility index (Phi) is 4.60. The Morgan fingerprint density at radius 2 is 2.11 bits per heavy atom. The van der Waals surface area contributed by atoms with Crippen molar-refractivity contribution in [3.8, 4) is 5.69 Å². The summed E-state index contributed by atoms with van der Waals surface area (Å²) in [5.41, 5.74) is 3.82. The van der Waals surface area contributed by atoms with E-state index in [9.17, 15) is 14.7 Å². The quantitative estimate of drug-likeness (QED) is 0.527. The molecule has 0 bridgehead atoms. The van der Waals surface area contributed by atoms with E-state index in [0.717, 1.165) is 58.2 Å². The molecule has 4 rings (SSSR count). The van der Waals surface area contributed by atoms with Crippen LogP contribution in [0.25, 0.3) is 15.9 Å². The minimum atomic E-state index is -0.921. The van der Waals surface area contributed by atoms with Crippen LogP contribution in [0, 0.1) is 13.8 Å². The summed E-state index contributed by atoms with van der Waals surface area (Å²) in [6.45, 7) is 5.55. The number of aromatic nitrogens is 2. The van der Waals surface area contributed by atoms with Gasteiger partial charge in [0.1, 0.15) is 10.1 Å². The van der Waals surface area contributed by atoms with Gasteiger partial charge in [0.2, 0.25) is 0 Å². The molecule has 7 heteroatoms. The van der Waals surface area contributed by atoms with E-state index in [4.69, 9.17) is 4.98 Å². The molecule has 2 heterocycles. The Balaban J connectivity index is 2.04. The molecule has 1 aromatic carbocycles. The lowest BCUT2D eigenvalue weighted by molar-refractivity contribution is -0.136. The summed E-state index contributed by atoms with van der Waals surface area (Å²) in [7, 11) is 0. The van der Waals surface area contributed by atoms with E-state index in [1.54, 1.807) is 22.8 Å². The van der Waals surface area contributed by atoms with Crippen LogP contribution in [0.15, 0.2) is 28.2 Å². The van der Waals surface area contributed by atoms with Gasteiger partial charge in [-0.15, -0.1) is 11.3 Å². The Morgan fingerprint density at radius 1 is 1.33 bits per heavy atom. The monoisotopic (exact) mass is 400 g/mol. The van der Waals surface area contributed by atoms with E-state index in [1.807, 2.05) is 32.0 Å². The maximum Gasteiger partial charge on any atom is 0.316 e.